The van der Waals surface area contributed by atoms with Crippen LogP contribution in [-0.2, 0) is 21.2 Å². The molecule has 0 radical (unpaired) electrons. The number of anilines is 2. The lowest BCUT2D eigenvalue weighted by Crippen LogP contribution is -2.33. The van der Waals surface area contributed by atoms with Gasteiger partial charge in [0.25, 0.3) is 0 Å². The van der Waals surface area contributed by atoms with Crippen molar-refractivity contribution >= 4 is 21.4 Å². The summed E-state index contributed by atoms with van der Waals surface area (Å²) in [5, 5.41) is 0. The van der Waals surface area contributed by atoms with E-state index in [4.69, 9.17) is 10.5 Å². The van der Waals surface area contributed by atoms with Gasteiger partial charge in [-0.2, -0.15) is 0 Å². The van der Waals surface area contributed by atoms with Gasteiger partial charge in [0.2, 0.25) is 10.0 Å². The lowest BCUT2D eigenvalue weighted by molar-refractivity contribution is 0.0912. The van der Waals surface area contributed by atoms with E-state index in [9.17, 15) is 8.42 Å². The van der Waals surface area contributed by atoms with Gasteiger partial charge in [-0.05, 0) is 31.9 Å². The zero-order valence-electron chi connectivity index (χ0n) is 11.3. The molecule has 5 nitrogen and oxygen atoms in total. The first kappa shape index (κ1) is 14.1. The zero-order valence-corrected chi connectivity index (χ0v) is 12.1. The highest BCUT2D eigenvalue weighted by molar-refractivity contribution is 7.92. The van der Waals surface area contributed by atoms with Crippen LogP contribution in [0.3, 0.4) is 0 Å². The third-order valence-electron chi connectivity index (χ3n) is 3.11. The molecule has 0 saturated carbocycles. The summed E-state index contributed by atoms with van der Waals surface area (Å²) in [6.07, 6.45) is 0.746. The average molecular weight is 284 g/mol. The van der Waals surface area contributed by atoms with Crippen LogP contribution in [0.25, 0.3) is 0 Å². The predicted octanol–water partition coefficient (Wildman–Crippen LogP) is 1.39. The van der Waals surface area contributed by atoms with Crippen LogP contribution in [0.1, 0.15) is 19.4 Å². The zero-order chi connectivity index (χ0) is 14.0. The Kier molecular flexibility index (Phi) is 4.01. The van der Waals surface area contributed by atoms with Crippen molar-refractivity contribution in [2.24, 2.45) is 0 Å². The minimum absolute atomic E-state index is 0.0149. The maximum absolute atomic E-state index is 12.3. The molecule has 0 atom stereocenters. The SMILES string of the molecule is CC(C)OCCS(=O)(=O)N1CCc2cccc(N)c21. The number of nitrogens with zero attached hydrogens (tertiary/aromatic N) is 1. The fourth-order valence-corrected chi connectivity index (χ4v) is 3.63. The molecule has 2 N–H and O–H groups in total. The van der Waals surface area contributed by atoms with Crippen molar-refractivity contribution in [1.82, 2.24) is 0 Å². The second kappa shape index (κ2) is 5.38. The van der Waals surface area contributed by atoms with E-state index < -0.39 is 10.0 Å². The van der Waals surface area contributed by atoms with Crippen LogP contribution < -0.4 is 10.0 Å². The van der Waals surface area contributed by atoms with E-state index in [1.165, 1.54) is 4.31 Å². The highest BCUT2D eigenvalue weighted by atomic mass is 32.2. The Morgan fingerprint density at radius 3 is 2.84 bits per heavy atom. The van der Waals surface area contributed by atoms with Crippen LogP contribution in [0.4, 0.5) is 11.4 Å². The highest BCUT2D eigenvalue weighted by Gasteiger charge is 2.30. The van der Waals surface area contributed by atoms with Gasteiger partial charge < -0.3 is 10.5 Å². The van der Waals surface area contributed by atoms with Crippen molar-refractivity contribution in [3.63, 3.8) is 0 Å². The summed E-state index contributed by atoms with van der Waals surface area (Å²) in [5.41, 5.74) is 8.05. The lowest BCUT2D eigenvalue weighted by atomic mass is 10.1. The van der Waals surface area contributed by atoms with Crippen molar-refractivity contribution < 1.29 is 13.2 Å². The first-order valence-corrected chi connectivity index (χ1v) is 8.02. The van der Waals surface area contributed by atoms with Gasteiger partial charge >= 0.3 is 0 Å². The molecule has 106 valence electrons. The van der Waals surface area contributed by atoms with E-state index in [2.05, 4.69) is 0 Å². The number of sulfonamides is 1. The van der Waals surface area contributed by atoms with Gasteiger partial charge in [0.1, 0.15) is 0 Å². The molecule has 1 aliphatic rings. The first-order valence-electron chi connectivity index (χ1n) is 6.41. The van der Waals surface area contributed by atoms with Gasteiger partial charge in [0, 0.05) is 6.54 Å². The number of rotatable bonds is 5. The summed E-state index contributed by atoms with van der Waals surface area (Å²) < 4.78 is 31.4. The van der Waals surface area contributed by atoms with Gasteiger partial charge in [-0.1, -0.05) is 12.1 Å². The normalized spacial score (nSPS) is 15.0. The number of hydrogen-bond donors (Lipinski definition) is 1. The van der Waals surface area contributed by atoms with Gasteiger partial charge in [0.05, 0.1) is 29.8 Å². The van der Waals surface area contributed by atoms with Gasteiger partial charge in [-0.15, -0.1) is 0 Å². The van der Waals surface area contributed by atoms with Crippen molar-refractivity contribution in [3.8, 4) is 0 Å². The predicted molar refractivity (Wildman–Crippen MR) is 76.8 cm³/mol. The number of fused-ring (bicyclic) bond motifs is 1. The molecule has 0 fully saturated rings. The van der Waals surface area contributed by atoms with Crippen LogP contribution in [-0.4, -0.2) is 33.4 Å². The molecular weight excluding hydrogens is 264 g/mol. The standard InChI is InChI=1S/C13H20N2O3S/c1-10(2)18-8-9-19(16,17)15-7-6-11-4-3-5-12(14)13(11)15/h3-5,10H,6-9,14H2,1-2H3. The number of benzene rings is 1. The summed E-state index contributed by atoms with van der Waals surface area (Å²) >= 11 is 0. The summed E-state index contributed by atoms with van der Waals surface area (Å²) in [6.45, 7) is 4.44. The second-order valence-corrected chi connectivity index (χ2v) is 6.93. The first-order chi connectivity index (χ1) is 8.92. The largest absolute Gasteiger partial charge is 0.397 e. The molecule has 19 heavy (non-hydrogen) atoms. The van der Waals surface area contributed by atoms with Crippen molar-refractivity contribution in [1.29, 1.82) is 0 Å². The van der Waals surface area contributed by atoms with Crippen molar-refractivity contribution in [2.75, 3.05) is 28.9 Å². The van der Waals surface area contributed by atoms with E-state index in [0.29, 0.717) is 24.3 Å². The van der Waals surface area contributed by atoms with Crippen molar-refractivity contribution in [2.45, 2.75) is 26.4 Å². The van der Waals surface area contributed by atoms with E-state index in [1.807, 2.05) is 26.0 Å². The fourth-order valence-electron chi connectivity index (χ4n) is 2.23. The second-order valence-electron chi connectivity index (χ2n) is 4.91. The number of nitrogens with two attached hydrogens (primary N) is 1. The molecule has 1 aromatic carbocycles. The highest BCUT2D eigenvalue weighted by Crippen LogP contribution is 2.35. The fraction of sp³-hybridized carbons (Fsp3) is 0.538. The Balaban J connectivity index is 2.16. The maximum Gasteiger partial charge on any atom is 0.237 e. The molecule has 0 saturated heterocycles. The molecule has 0 amide bonds. The summed E-state index contributed by atoms with van der Waals surface area (Å²) in [5.74, 6) is -0.0149. The molecule has 1 heterocycles. The summed E-state index contributed by atoms with van der Waals surface area (Å²) in [4.78, 5) is 0. The number of para-hydroxylation sites is 1. The molecule has 6 heteroatoms. The molecular formula is C13H20N2O3S. The third-order valence-corrected chi connectivity index (χ3v) is 4.83. The van der Waals surface area contributed by atoms with E-state index in [1.54, 1.807) is 6.07 Å². The summed E-state index contributed by atoms with van der Waals surface area (Å²) in [6, 6.07) is 5.51. The molecule has 0 aromatic heterocycles. The molecule has 0 unspecified atom stereocenters. The molecule has 1 aromatic rings. The van der Waals surface area contributed by atoms with Crippen LogP contribution in [0, 0.1) is 0 Å². The van der Waals surface area contributed by atoms with Crippen LogP contribution in [0.2, 0.25) is 0 Å². The Hall–Kier alpha value is -1.27. The Morgan fingerprint density at radius 2 is 2.16 bits per heavy atom. The smallest absolute Gasteiger partial charge is 0.237 e. The molecule has 0 bridgehead atoms. The van der Waals surface area contributed by atoms with Gasteiger partial charge in [0.15, 0.2) is 0 Å². The maximum atomic E-state index is 12.3. The van der Waals surface area contributed by atoms with E-state index in [0.717, 1.165) is 5.56 Å². The lowest BCUT2D eigenvalue weighted by Gasteiger charge is -2.21. The number of nitrogen functional groups attached to an aromatic ring is 1. The monoisotopic (exact) mass is 284 g/mol. The Labute approximate surface area is 114 Å². The average Bonchev–Trinajstić information content (AvgIpc) is 2.74. The van der Waals surface area contributed by atoms with Gasteiger partial charge in [-0.3, -0.25) is 4.31 Å². The van der Waals surface area contributed by atoms with Crippen LogP contribution >= 0.6 is 0 Å². The topological polar surface area (TPSA) is 72.6 Å². The Morgan fingerprint density at radius 1 is 1.42 bits per heavy atom. The van der Waals surface area contributed by atoms with E-state index in [-0.39, 0.29) is 18.5 Å². The number of hydrogen-bond acceptors (Lipinski definition) is 4. The molecule has 2 rings (SSSR count). The Bertz CT molecular complexity index is 555. The number of ether oxygens (including phenoxy) is 1. The quantitative estimate of drug-likeness (QED) is 0.829. The van der Waals surface area contributed by atoms with Crippen LogP contribution in [0.15, 0.2) is 18.2 Å². The minimum atomic E-state index is -3.36. The third kappa shape index (κ3) is 3.01. The minimum Gasteiger partial charge on any atom is -0.397 e. The van der Waals surface area contributed by atoms with Gasteiger partial charge in [-0.25, -0.2) is 8.42 Å². The van der Waals surface area contributed by atoms with Crippen molar-refractivity contribution in [3.05, 3.63) is 23.8 Å². The van der Waals surface area contributed by atoms with Crippen LogP contribution in [0.5, 0.6) is 0 Å². The molecule has 1 aliphatic heterocycles. The molecule has 0 aliphatic carbocycles. The molecule has 0 spiro atoms. The summed E-state index contributed by atoms with van der Waals surface area (Å²) in [7, 11) is -3.36. The van der Waals surface area contributed by atoms with E-state index >= 15 is 0 Å².